The first-order chi connectivity index (χ1) is 5.25. The summed E-state index contributed by atoms with van der Waals surface area (Å²) < 4.78 is 1.28. The van der Waals surface area contributed by atoms with Gasteiger partial charge >= 0.3 is 5.69 Å². The fourth-order valence-corrected chi connectivity index (χ4v) is 0.729. The van der Waals surface area contributed by atoms with Crippen molar-refractivity contribution in [3.05, 3.63) is 28.8 Å². The van der Waals surface area contributed by atoms with Crippen LogP contribution in [0.25, 0.3) is 6.20 Å². The summed E-state index contributed by atoms with van der Waals surface area (Å²) in [6, 6.07) is 1.57. The third-order valence-corrected chi connectivity index (χ3v) is 1.21. The molecule has 0 fully saturated rings. The van der Waals surface area contributed by atoms with Gasteiger partial charge in [0, 0.05) is 12.4 Å². The van der Waals surface area contributed by atoms with Gasteiger partial charge in [-0.2, -0.15) is 0 Å². The minimum atomic E-state index is -0.358. The van der Waals surface area contributed by atoms with Gasteiger partial charge in [0.05, 0.1) is 0 Å². The van der Waals surface area contributed by atoms with Crippen molar-refractivity contribution in [3.8, 4) is 0 Å². The van der Waals surface area contributed by atoms with E-state index < -0.39 is 0 Å². The molecule has 1 rings (SSSR count). The molecule has 1 aromatic rings. The Hall–Kier alpha value is -1.58. The van der Waals surface area contributed by atoms with E-state index in [0.29, 0.717) is 5.82 Å². The molecule has 0 bridgehead atoms. The number of anilines is 1. The van der Waals surface area contributed by atoms with Crippen LogP contribution >= 0.6 is 0 Å². The van der Waals surface area contributed by atoms with E-state index in [1.54, 1.807) is 25.3 Å². The summed E-state index contributed by atoms with van der Waals surface area (Å²) in [5.41, 5.74) is 5.12. The highest BCUT2D eigenvalue weighted by Gasteiger charge is 1.93. The van der Waals surface area contributed by atoms with Crippen LogP contribution in [0.15, 0.2) is 23.1 Å². The smallest absolute Gasteiger partial charge is 0.353 e. The summed E-state index contributed by atoms with van der Waals surface area (Å²) in [6.07, 6.45) is 4.68. The Morgan fingerprint density at radius 2 is 2.45 bits per heavy atom. The fourth-order valence-electron chi connectivity index (χ4n) is 0.729. The number of hydrogen-bond acceptors (Lipinski definition) is 3. The van der Waals surface area contributed by atoms with E-state index in [1.165, 1.54) is 10.8 Å². The molecule has 11 heavy (non-hydrogen) atoms. The molecule has 1 heterocycles. The van der Waals surface area contributed by atoms with Crippen molar-refractivity contribution in [2.75, 3.05) is 5.73 Å². The molecule has 2 N–H and O–H groups in total. The number of rotatable bonds is 1. The highest BCUT2D eigenvalue weighted by Crippen LogP contribution is 1.94. The second kappa shape index (κ2) is 3.01. The summed E-state index contributed by atoms with van der Waals surface area (Å²) in [5.74, 6) is 0.392. The van der Waals surface area contributed by atoms with Crippen molar-refractivity contribution < 1.29 is 0 Å². The summed E-state index contributed by atoms with van der Waals surface area (Å²) in [4.78, 5) is 14.5. The van der Waals surface area contributed by atoms with Crippen LogP contribution in [-0.4, -0.2) is 9.55 Å². The van der Waals surface area contributed by atoms with Crippen LogP contribution in [0.1, 0.15) is 6.92 Å². The van der Waals surface area contributed by atoms with Gasteiger partial charge in [0.1, 0.15) is 5.82 Å². The van der Waals surface area contributed by atoms with Gasteiger partial charge < -0.3 is 5.73 Å². The van der Waals surface area contributed by atoms with E-state index in [1.807, 2.05) is 0 Å². The molecule has 0 saturated carbocycles. The molecule has 4 nitrogen and oxygen atoms in total. The van der Waals surface area contributed by atoms with Gasteiger partial charge in [-0.25, -0.2) is 9.78 Å². The molecule has 0 radical (unpaired) electrons. The molecule has 0 amide bonds. The minimum Gasteiger partial charge on any atom is -0.385 e. The molecule has 0 unspecified atom stereocenters. The summed E-state index contributed by atoms with van der Waals surface area (Å²) in [5, 5.41) is 0. The van der Waals surface area contributed by atoms with Gasteiger partial charge in [-0.15, -0.1) is 0 Å². The van der Waals surface area contributed by atoms with Gasteiger partial charge in [-0.1, -0.05) is 6.08 Å². The molecule has 0 spiro atoms. The van der Waals surface area contributed by atoms with Crippen molar-refractivity contribution in [1.29, 1.82) is 0 Å². The van der Waals surface area contributed by atoms with E-state index in [-0.39, 0.29) is 5.69 Å². The number of nitrogens with two attached hydrogens (primary N) is 1. The maximum atomic E-state index is 11.0. The van der Waals surface area contributed by atoms with Crippen LogP contribution in [0, 0.1) is 0 Å². The quantitative estimate of drug-likeness (QED) is 0.628. The van der Waals surface area contributed by atoms with E-state index in [4.69, 9.17) is 5.73 Å². The SMILES string of the molecule is C/C=C/n1c(N)ccnc1=O. The van der Waals surface area contributed by atoms with E-state index >= 15 is 0 Å². The molecule has 0 saturated heterocycles. The molecule has 0 atom stereocenters. The zero-order valence-electron chi connectivity index (χ0n) is 6.19. The Bertz CT molecular complexity index is 327. The maximum absolute atomic E-state index is 11.0. The molecule has 0 aliphatic rings. The summed E-state index contributed by atoms with van der Waals surface area (Å²) in [6.45, 7) is 1.80. The first-order valence-corrected chi connectivity index (χ1v) is 3.21. The lowest BCUT2D eigenvalue weighted by atomic mass is 10.5. The lowest BCUT2D eigenvalue weighted by molar-refractivity contribution is 0.972. The number of nitrogen functional groups attached to an aromatic ring is 1. The first kappa shape index (κ1) is 7.53. The second-order valence-corrected chi connectivity index (χ2v) is 2.00. The standard InChI is InChI=1S/C7H9N3O/c1-2-5-10-6(8)3-4-9-7(10)11/h2-5H,8H2,1H3/b5-2+. The van der Waals surface area contributed by atoms with Crippen molar-refractivity contribution in [2.24, 2.45) is 0 Å². The molecule has 0 aliphatic carbocycles. The van der Waals surface area contributed by atoms with Gasteiger partial charge in [0.25, 0.3) is 0 Å². The average Bonchev–Trinajstić information content (AvgIpc) is 1.97. The second-order valence-electron chi connectivity index (χ2n) is 2.00. The van der Waals surface area contributed by atoms with Gasteiger partial charge in [0.15, 0.2) is 0 Å². The van der Waals surface area contributed by atoms with Gasteiger partial charge in [-0.3, -0.25) is 4.57 Å². The van der Waals surface area contributed by atoms with Crippen molar-refractivity contribution in [2.45, 2.75) is 6.92 Å². The van der Waals surface area contributed by atoms with Crippen LogP contribution in [0.5, 0.6) is 0 Å². The molecule has 4 heteroatoms. The van der Waals surface area contributed by atoms with Crippen molar-refractivity contribution in [3.63, 3.8) is 0 Å². The van der Waals surface area contributed by atoms with Crippen LogP contribution in [0.2, 0.25) is 0 Å². The zero-order chi connectivity index (χ0) is 8.27. The Morgan fingerprint density at radius 3 is 3.00 bits per heavy atom. The molecular weight excluding hydrogens is 142 g/mol. The van der Waals surface area contributed by atoms with Gasteiger partial charge in [-0.05, 0) is 13.0 Å². The predicted molar refractivity (Wildman–Crippen MR) is 43.9 cm³/mol. The normalized spacial score (nSPS) is 10.6. The molecule has 1 aromatic heterocycles. The van der Waals surface area contributed by atoms with E-state index in [0.717, 1.165) is 0 Å². The Morgan fingerprint density at radius 1 is 1.73 bits per heavy atom. The topological polar surface area (TPSA) is 60.9 Å². The lowest BCUT2D eigenvalue weighted by Gasteiger charge is -1.99. The van der Waals surface area contributed by atoms with Crippen LogP contribution < -0.4 is 11.4 Å². The molecule has 58 valence electrons. The summed E-state index contributed by atoms with van der Waals surface area (Å²) in [7, 11) is 0. The number of hydrogen-bond donors (Lipinski definition) is 1. The highest BCUT2D eigenvalue weighted by molar-refractivity contribution is 5.37. The fraction of sp³-hybridized carbons (Fsp3) is 0.143. The Labute approximate surface area is 64.0 Å². The van der Waals surface area contributed by atoms with Crippen molar-refractivity contribution in [1.82, 2.24) is 9.55 Å². The third kappa shape index (κ3) is 1.46. The van der Waals surface area contributed by atoms with Crippen LogP contribution in [0.3, 0.4) is 0 Å². The minimum absolute atomic E-state index is 0.358. The lowest BCUT2D eigenvalue weighted by Crippen LogP contribution is -2.20. The number of aromatic nitrogens is 2. The Kier molecular flexibility index (Phi) is 2.06. The molecular formula is C7H9N3O. The molecule has 0 aliphatic heterocycles. The summed E-state index contributed by atoms with van der Waals surface area (Å²) >= 11 is 0. The zero-order valence-corrected chi connectivity index (χ0v) is 6.19. The van der Waals surface area contributed by atoms with Gasteiger partial charge in [0.2, 0.25) is 0 Å². The third-order valence-electron chi connectivity index (χ3n) is 1.21. The van der Waals surface area contributed by atoms with E-state index in [9.17, 15) is 4.79 Å². The van der Waals surface area contributed by atoms with Crippen molar-refractivity contribution >= 4 is 12.0 Å². The predicted octanol–water partition coefficient (Wildman–Crippen LogP) is 0.316. The highest BCUT2D eigenvalue weighted by atomic mass is 16.1. The Balaban J connectivity index is 3.32. The first-order valence-electron chi connectivity index (χ1n) is 3.21. The maximum Gasteiger partial charge on any atom is 0.353 e. The number of nitrogens with zero attached hydrogens (tertiary/aromatic N) is 2. The van der Waals surface area contributed by atoms with E-state index in [2.05, 4.69) is 4.98 Å². The average molecular weight is 151 g/mol. The molecule has 0 aromatic carbocycles. The largest absolute Gasteiger partial charge is 0.385 e. The number of allylic oxidation sites excluding steroid dienone is 1. The monoisotopic (exact) mass is 151 g/mol. The van der Waals surface area contributed by atoms with Crippen LogP contribution in [0.4, 0.5) is 5.82 Å². The van der Waals surface area contributed by atoms with Crippen LogP contribution in [-0.2, 0) is 0 Å².